The molecule has 0 bridgehead atoms. The van der Waals surface area contributed by atoms with E-state index in [0.29, 0.717) is 24.7 Å². The van der Waals surface area contributed by atoms with Crippen molar-refractivity contribution >= 4 is 17.3 Å². The van der Waals surface area contributed by atoms with E-state index in [1.54, 1.807) is 18.4 Å². The summed E-state index contributed by atoms with van der Waals surface area (Å²) < 4.78 is 11.9. The van der Waals surface area contributed by atoms with Crippen LogP contribution in [0.1, 0.15) is 54.1 Å². The Kier molecular flexibility index (Phi) is 9.86. The van der Waals surface area contributed by atoms with E-state index in [1.165, 1.54) is 17.7 Å². The Bertz CT molecular complexity index is 1250. The number of aliphatic imine (C=N–C) groups is 1. The van der Waals surface area contributed by atoms with Gasteiger partial charge in [-0.05, 0) is 67.0 Å². The Labute approximate surface area is 223 Å². The number of nitriles is 1. The van der Waals surface area contributed by atoms with Crippen LogP contribution >= 0.6 is 11.3 Å². The highest BCUT2D eigenvalue weighted by molar-refractivity contribution is 7.09. The third-order valence-corrected chi connectivity index (χ3v) is 7.13. The van der Waals surface area contributed by atoms with Crippen LogP contribution in [0.15, 0.2) is 71.0 Å². The van der Waals surface area contributed by atoms with Gasteiger partial charge in [0.2, 0.25) is 5.96 Å². The van der Waals surface area contributed by atoms with Gasteiger partial charge in [-0.25, -0.2) is 0 Å². The molecule has 0 aliphatic heterocycles. The van der Waals surface area contributed by atoms with Gasteiger partial charge in [-0.1, -0.05) is 42.2 Å². The van der Waals surface area contributed by atoms with E-state index >= 15 is 0 Å². The summed E-state index contributed by atoms with van der Waals surface area (Å²) in [6.07, 6.45) is 8.05. The highest BCUT2D eigenvalue weighted by Gasteiger charge is 2.21. The largest absolute Gasteiger partial charge is 0.493 e. The number of thiophene rings is 1. The number of guanidine groups is 1. The van der Waals surface area contributed by atoms with Gasteiger partial charge in [-0.15, -0.1) is 11.3 Å². The van der Waals surface area contributed by atoms with Crippen LogP contribution in [0.4, 0.5) is 0 Å². The molecule has 0 spiro atoms. The van der Waals surface area contributed by atoms with E-state index in [-0.39, 0.29) is 12.1 Å². The zero-order valence-corrected chi connectivity index (χ0v) is 21.9. The number of hydrogen-bond acceptors (Lipinski definition) is 5. The summed E-state index contributed by atoms with van der Waals surface area (Å²) in [5, 5.41) is 17.5. The van der Waals surface area contributed by atoms with Crippen LogP contribution in [0.2, 0.25) is 0 Å². The van der Waals surface area contributed by atoms with Gasteiger partial charge in [-0.3, -0.25) is 10.3 Å². The SMILES string of the molecule is COc1ccc(C(CC#Cc2ccccc2)NC(=NCCc2cccs2)NC#N)cc1OC1CCCC1. The minimum Gasteiger partial charge on any atom is -0.493 e. The Morgan fingerprint density at radius 1 is 1.11 bits per heavy atom. The van der Waals surface area contributed by atoms with Crippen LogP contribution in [-0.2, 0) is 6.42 Å². The molecule has 7 heteroatoms. The molecule has 3 aromatic rings. The lowest BCUT2D eigenvalue weighted by molar-refractivity contribution is 0.200. The van der Waals surface area contributed by atoms with E-state index in [9.17, 15) is 5.26 Å². The Hall–Kier alpha value is -3.94. The molecule has 1 atom stereocenters. The number of nitrogens with zero attached hydrogens (tertiary/aromatic N) is 2. The van der Waals surface area contributed by atoms with Crippen LogP contribution in [0.3, 0.4) is 0 Å². The number of benzene rings is 2. The minimum absolute atomic E-state index is 0.211. The minimum atomic E-state index is -0.214. The first-order chi connectivity index (χ1) is 18.2. The monoisotopic (exact) mass is 512 g/mol. The van der Waals surface area contributed by atoms with Crippen molar-refractivity contribution < 1.29 is 9.47 Å². The quantitative estimate of drug-likeness (QED) is 0.124. The average Bonchev–Trinajstić information content (AvgIpc) is 3.63. The molecule has 6 nitrogen and oxygen atoms in total. The molecule has 1 aliphatic rings. The molecule has 1 fully saturated rings. The molecule has 2 N–H and O–H groups in total. The summed E-state index contributed by atoms with van der Waals surface area (Å²) in [4.78, 5) is 5.89. The number of hydrogen-bond donors (Lipinski definition) is 2. The summed E-state index contributed by atoms with van der Waals surface area (Å²) in [6, 6.07) is 19.8. The fourth-order valence-corrected chi connectivity index (χ4v) is 4.99. The van der Waals surface area contributed by atoms with E-state index in [0.717, 1.165) is 36.1 Å². The van der Waals surface area contributed by atoms with Crippen LogP contribution in [0.5, 0.6) is 11.5 Å². The number of methoxy groups -OCH3 is 1. The standard InChI is InChI=1S/C30H32N4O2S/c1-35-28-17-16-24(21-29(28)36-25-12-5-6-13-25)27(15-7-11-23-9-3-2-4-10-23)34-30(33-22-31)32-19-18-26-14-8-20-37-26/h2-4,8-10,14,16-17,20-21,25,27H,5-6,12-13,15,18-19H2,1H3,(H2,32,33,34). The molecule has 37 heavy (non-hydrogen) atoms. The van der Waals surface area contributed by atoms with Crippen molar-refractivity contribution in [2.45, 2.75) is 50.7 Å². The Balaban J connectivity index is 1.57. The van der Waals surface area contributed by atoms with Gasteiger partial charge < -0.3 is 14.8 Å². The summed E-state index contributed by atoms with van der Waals surface area (Å²) in [5.41, 5.74) is 1.95. The maximum absolute atomic E-state index is 9.36. The Morgan fingerprint density at radius 3 is 2.68 bits per heavy atom. The van der Waals surface area contributed by atoms with Gasteiger partial charge in [0.1, 0.15) is 0 Å². The van der Waals surface area contributed by atoms with E-state index < -0.39 is 0 Å². The van der Waals surface area contributed by atoms with Crippen LogP contribution < -0.4 is 20.1 Å². The van der Waals surface area contributed by atoms with E-state index in [1.807, 2.05) is 60.8 Å². The molecular formula is C30H32N4O2S. The summed E-state index contributed by atoms with van der Waals surface area (Å²) in [5.74, 6) is 8.41. The lowest BCUT2D eigenvalue weighted by Crippen LogP contribution is -2.37. The van der Waals surface area contributed by atoms with Crippen molar-refractivity contribution in [1.82, 2.24) is 10.6 Å². The Morgan fingerprint density at radius 2 is 1.95 bits per heavy atom. The van der Waals surface area contributed by atoms with Crippen LogP contribution in [0, 0.1) is 23.3 Å². The topological polar surface area (TPSA) is 78.7 Å². The third-order valence-electron chi connectivity index (χ3n) is 6.19. The van der Waals surface area contributed by atoms with Gasteiger partial charge in [0.15, 0.2) is 17.7 Å². The molecule has 1 saturated carbocycles. The second-order valence-electron chi connectivity index (χ2n) is 8.80. The first kappa shape index (κ1) is 26.1. The predicted octanol–water partition coefficient (Wildman–Crippen LogP) is 5.82. The number of ether oxygens (including phenoxy) is 2. The fraction of sp³-hybridized carbons (Fsp3) is 0.333. The molecule has 0 saturated heterocycles. The van der Waals surface area contributed by atoms with Gasteiger partial charge in [0, 0.05) is 29.8 Å². The lowest BCUT2D eigenvalue weighted by atomic mass is 10.0. The normalized spacial score (nSPS) is 14.2. The van der Waals surface area contributed by atoms with Crippen molar-refractivity contribution in [3.8, 4) is 29.5 Å². The molecule has 1 unspecified atom stereocenters. The van der Waals surface area contributed by atoms with Gasteiger partial charge in [0.25, 0.3) is 0 Å². The molecule has 2 aromatic carbocycles. The first-order valence-corrected chi connectivity index (χ1v) is 13.5. The zero-order valence-electron chi connectivity index (χ0n) is 21.1. The molecule has 0 radical (unpaired) electrons. The highest BCUT2D eigenvalue weighted by atomic mass is 32.1. The molecule has 1 heterocycles. The maximum Gasteiger partial charge on any atom is 0.205 e. The van der Waals surface area contributed by atoms with Gasteiger partial charge in [0.05, 0.1) is 19.3 Å². The van der Waals surface area contributed by atoms with E-state index in [2.05, 4.69) is 38.9 Å². The average molecular weight is 513 g/mol. The zero-order chi connectivity index (χ0) is 25.7. The third kappa shape index (κ3) is 8.03. The van der Waals surface area contributed by atoms with Crippen molar-refractivity contribution in [3.63, 3.8) is 0 Å². The highest BCUT2D eigenvalue weighted by Crippen LogP contribution is 2.34. The number of rotatable bonds is 9. The van der Waals surface area contributed by atoms with Crippen molar-refractivity contribution in [2.24, 2.45) is 4.99 Å². The molecule has 0 amide bonds. The van der Waals surface area contributed by atoms with Crippen molar-refractivity contribution in [1.29, 1.82) is 5.26 Å². The molecule has 1 aliphatic carbocycles. The first-order valence-electron chi connectivity index (χ1n) is 12.6. The predicted molar refractivity (Wildman–Crippen MR) is 149 cm³/mol. The molecule has 4 rings (SSSR count). The second-order valence-corrected chi connectivity index (χ2v) is 9.83. The maximum atomic E-state index is 9.36. The molecular weight excluding hydrogens is 480 g/mol. The van der Waals surface area contributed by atoms with Gasteiger partial charge >= 0.3 is 0 Å². The van der Waals surface area contributed by atoms with E-state index in [4.69, 9.17) is 9.47 Å². The van der Waals surface area contributed by atoms with Gasteiger partial charge in [-0.2, -0.15) is 5.26 Å². The second kappa shape index (κ2) is 14.0. The molecule has 190 valence electrons. The smallest absolute Gasteiger partial charge is 0.205 e. The van der Waals surface area contributed by atoms with Crippen LogP contribution in [0.25, 0.3) is 0 Å². The lowest BCUT2D eigenvalue weighted by Gasteiger charge is -2.22. The summed E-state index contributed by atoms with van der Waals surface area (Å²) in [7, 11) is 1.66. The fourth-order valence-electron chi connectivity index (χ4n) is 4.29. The molecule has 1 aromatic heterocycles. The van der Waals surface area contributed by atoms with Crippen LogP contribution in [-0.4, -0.2) is 25.7 Å². The van der Waals surface area contributed by atoms with Crippen molar-refractivity contribution in [3.05, 3.63) is 82.0 Å². The summed E-state index contributed by atoms with van der Waals surface area (Å²) >= 11 is 1.71. The summed E-state index contributed by atoms with van der Waals surface area (Å²) in [6.45, 7) is 0.568. The van der Waals surface area contributed by atoms with Crippen molar-refractivity contribution in [2.75, 3.05) is 13.7 Å². The number of nitrogens with one attached hydrogen (secondary N) is 2.